The van der Waals surface area contributed by atoms with Crippen LogP contribution in [-0.2, 0) is 17.8 Å². The fraction of sp³-hybridized carbons (Fsp3) is 0.296. The van der Waals surface area contributed by atoms with Gasteiger partial charge in [-0.25, -0.2) is 4.79 Å². The first-order valence-corrected chi connectivity index (χ1v) is 11.5. The van der Waals surface area contributed by atoms with Gasteiger partial charge in [0.15, 0.2) is 11.5 Å². The number of urea groups is 1. The van der Waals surface area contributed by atoms with E-state index in [1.54, 1.807) is 38.4 Å². The summed E-state index contributed by atoms with van der Waals surface area (Å²) in [7, 11) is 3.21. The Balaban J connectivity index is 1.55. The molecule has 0 aliphatic carbocycles. The van der Waals surface area contributed by atoms with Crippen LogP contribution in [0.3, 0.4) is 0 Å². The average Bonchev–Trinajstić information content (AvgIpc) is 2.91. The van der Waals surface area contributed by atoms with Gasteiger partial charge in [-0.15, -0.1) is 0 Å². The predicted molar refractivity (Wildman–Crippen MR) is 132 cm³/mol. The van der Waals surface area contributed by atoms with E-state index in [0.29, 0.717) is 31.0 Å². The van der Waals surface area contributed by atoms with Gasteiger partial charge in [0.25, 0.3) is 0 Å². The van der Waals surface area contributed by atoms with E-state index >= 15 is 0 Å². The maximum Gasteiger partial charge on any atom is 0.318 e. The van der Waals surface area contributed by atoms with Gasteiger partial charge >= 0.3 is 6.03 Å². The third-order valence-corrected chi connectivity index (χ3v) is 6.17. The van der Waals surface area contributed by atoms with Gasteiger partial charge in [0.05, 0.1) is 20.3 Å². The molecule has 2 atom stereocenters. The number of carbonyl (C=O) groups excluding carboxylic acids is 2. The zero-order chi connectivity index (χ0) is 24.8. The molecule has 0 radical (unpaired) electrons. The molecule has 1 aliphatic heterocycles. The van der Waals surface area contributed by atoms with Crippen LogP contribution in [0.15, 0.2) is 67.0 Å². The van der Waals surface area contributed by atoms with Crippen LogP contribution in [0.2, 0.25) is 0 Å². The van der Waals surface area contributed by atoms with Crippen LogP contribution in [0.4, 0.5) is 4.79 Å². The molecule has 2 heterocycles. The lowest BCUT2D eigenvalue weighted by molar-refractivity contribution is -0.122. The number of nitrogens with zero attached hydrogens (tertiary/aromatic N) is 2. The predicted octanol–water partition coefficient (Wildman–Crippen LogP) is 3.46. The molecule has 3 amide bonds. The Bertz CT molecular complexity index is 1170. The molecule has 3 aromatic rings. The Morgan fingerprint density at radius 2 is 1.83 bits per heavy atom. The molecular weight excluding hydrogens is 444 g/mol. The minimum Gasteiger partial charge on any atom is -0.493 e. The summed E-state index contributed by atoms with van der Waals surface area (Å²) in [5, 5.41) is 5.72. The van der Waals surface area contributed by atoms with Crippen LogP contribution >= 0.6 is 0 Å². The normalized spacial score (nSPS) is 15.5. The van der Waals surface area contributed by atoms with Crippen molar-refractivity contribution in [3.63, 3.8) is 0 Å². The van der Waals surface area contributed by atoms with Gasteiger partial charge in [0.2, 0.25) is 5.91 Å². The molecule has 2 aromatic carbocycles. The highest BCUT2D eigenvalue weighted by Gasteiger charge is 2.34. The smallest absolute Gasteiger partial charge is 0.318 e. The van der Waals surface area contributed by atoms with E-state index in [-0.39, 0.29) is 18.0 Å². The number of rotatable bonds is 7. The first-order chi connectivity index (χ1) is 17.0. The van der Waals surface area contributed by atoms with Crippen molar-refractivity contribution in [1.82, 2.24) is 20.5 Å². The molecule has 0 fully saturated rings. The van der Waals surface area contributed by atoms with Gasteiger partial charge in [-0.3, -0.25) is 9.78 Å². The Hall–Kier alpha value is -4.07. The molecule has 35 heavy (non-hydrogen) atoms. The quantitative estimate of drug-likeness (QED) is 0.547. The van der Waals surface area contributed by atoms with Crippen LogP contribution in [0.1, 0.15) is 35.2 Å². The van der Waals surface area contributed by atoms with Gasteiger partial charge in [-0.05, 0) is 53.8 Å². The highest BCUT2D eigenvalue weighted by atomic mass is 16.5. The maximum absolute atomic E-state index is 13.4. The number of nitrogens with one attached hydrogen (secondary N) is 2. The number of aromatic nitrogens is 1. The monoisotopic (exact) mass is 474 g/mol. The molecule has 4 rings (SSSR count). The number of hydrogen-bond acceptors (Lipinski definition) is 5. The highest BCUT2D eigenvalue weighted by Crippen LogP contribution is 2.41. The Labute approximate surface area is 205 Å². The van der Waals surface area contributed by atoms with Crippen molar-refractivity contribution in [2.24, 2.45) is 0 Å². The molecule has 8 nitrogen and oxygen atoms in total. The zero-order valence-electron chi connectivity index (χ0n) is 20.2. The first-order valence-electron chi connectivity index (χ1n) is 11.5. The summed E-state index contributed by atoms with van der Waals surface area (Å²) in [6.07, 6.45) is 4.04. The largest absolute Gasteiger partial charge is 0.493 e. The molecule has 0 saturated carbocycles. The molecule has 2 N–H and O–H groups in total. The molecule has 0 bridgehead atoms. The van der Waals surface area contributed by atoms with Crippen molar-refractivity contribution in [1.29, 1.82) is 0 Å². The molecule has 0 saturated heterocycles. The standard InChI is InChI=1S/C27H30N4O4/c1-18(26(32)29-17-19-8-7-12-28-16-19)30-27(33)31-13-11-21-14-23(34-2)24(35-3)15-22(21)25(31)20-9-5-4-6-10-20/h4-10,12,14-16,18,25H,11,13,17H2,1-3H3,(H,29,32)(H,30,33)/t18-,25-/m0/s1. The lowest BCUT2D eigenvalue weighted by Crippen LogP contribution is -2.52. The molecule has 1 aliphatic rings. The molecule has 1 aromatic heterocycles. The first kappa shape index (κ1) is 24.1. The Morgan fingerprint density at radius 1 is 1.09 bits per heavy atom. The minimum atomic E-state index is -0.706. The zero-order valence-corrected chi connectivity index (χ0v) is 20.2. The van der Waals surface area contributed by atoms with Crippen molar-refractivity contribution >= 4 is 11.9 Å². The number of amides is 3. The van der Waals surface area contributed by atoms with Crippen LogP contribution < -0.4 is 20.1 Å². The molecule has 8 heteroatoms. The fourth-order valence-electron chi connectivity index (χ4n) is 4.34. The van der Waals surface area contributed by atoms with E-state index in [2.05, 4.69) is 15.6 Å². The van der Waals surface area contributed by atoms with Gasteiger partial charge in [0, 0.05) is 25.5 Å². The summed E-state index contributed by atoms with van der Waals surface area (Å²) >= 11 is 0. The number of methoxy groups -OCH3 is 2. The van der Waals surface area contributed by atoms with Crippen LogP contribution in [-0.4, -0.2) is 48.6 Å². The number of fused-ring (bicyclic) bond motifs is 1. The SMILES string of the molecule is COc1cc2c(cc1OC)[C@H](c1ccccc1)N(C(=O)N[C@@H](C)C(=O)NCc1cccnc1)CC2. The summed E-state index contributed by atoms with van der Waals surface area (Å²) in [6, 6.07) is 16.1. The summed E-state index contributed by atoms with van der Waals surface area (Å²) in [4.78, 5) is 31.9. The second-order valence-electron chi connectivity index (χ2n) is 8.41. The molecule has 182 valence electrons. The third-order valence-electron chi connectivity index (χ3n) is 6.17. The second kappa shape index (κ2) is 10.9. The van der Waals surface area contributed by atoms with E-state index in [1.165, 1.54) is 0 Å². The number of pyridine rings is 1. The van der Waals surface area contributed by atoms with E-state index in [4.69, 9.17) is 9.47 Å². The number of carbonyl (C=O) groups is 2. The summed E-state index contributed by atoms with van der Waals surface area (Å²) in [5.74, 6) is 1.01. The maximum atomic E-state index is 13.4. The summed E-state index contributed by atoms with van der Waals surface area (Å²) in [5.41, 5.74) is 3.94. The number of ether oxygens (including phenoxy) is 2. The van der Waals surface area contributed by atoms with Crippen molar-refractivity contribution in [2.75, 3.05) is 20.8 Å². The topological polar surface area (TPSA) is 92.8 Å². The molecule has 0 unspecified atom stereocenters. The van der Waals surface area contributed by atoms with E-state index < -0.39 is 6.04 Å². The fourth-order valence-corrected chi connectivity index (χ4v) is 4.34. The van der Waals surface area contributed by atoms with Crippen molar-refractivity contribution in [2.45, 2.75) is 32.0 Å². The third kappa shape index (κ3) is 5.37. The lowest BCUT2D eigenvalue weighted by Gasteiger charge is -2.38. The number of hydrogen-bond donors (Lipinski definition) is 2. The van der Waals surface area contributed by atoms with E-state index in [1.807, 2.05) is 54.6 Å². The van der Waals surface area contributed by atoms with Gasteiger partial charge in [-0.1, -0.05) is 36.4 Å². The van der Waals surface area contributed by atoms with Crippen LogP contribution in [0.25, 0.3) is 0 Å². The van der Waals surface area contributed by atoms with Gasteiger partial charge < -0.3 is 25.0 Å². The molecule has 0 spiro atoms. The summed E-state index contributed by atoms with van der Waals surface area (Å²) in [6.45, 7) is 2.52. The van der Waals surface area contributed by atoms with E-state index in [0.717, 1.165) is 22.3 Å². The minimum absolute atomic E-state index is 0.262. The second-order valence-corrected chi connectivity index (χ2v) is 8.41. The molecular formula is C27H30N4O4. The highest BCUT2D eigenvalue weighted by molar-refractivity contribution is 5.87. The van der Waals surface area contributed by atoms with Crippen molar-refractivity contribution in [3.8, 4) is 11.5 Å². The van der Waals surface area contributed by atoms with Crippen molar-refractivity contribution in [3.05, 3.63) is 89.2 Å². The average molecular weight is 475 g/mol. The van der Waals surface area contributed by atoms with Gasteiger partial charge in [-0.2, -0.15) is 0 Å². The Kier molecular flexibility index (Phi) is 7.50. The van der Waals surface area contributed by atoms with Crippen LogP contribution in [0, 0.1) is 0 Å². The number of benzene rings is 2. The Morgan fingerprint density at radius 3 is 2.51 bits per heavy atom. The van der Waals surface area contributed by atoms with Crippen molar-refractivity contribution < 1.29 is 19.1 Å². The lowest BCUT2D eigenvalue weighted by atomic mass is 9.88. The van der Waals surface area contributed by atoms with Gasteiger partial charge in [0.1, 0.15) is 6.04 Å². The van der Waals surface area contributed by atoms with E-state index in [9.17, 15) is 9.59 Å². The van der Waals surface area contributed by atoms with Crippen LogP contribution in [0.5, 0.6) is 11.5 Å². The summed E-state index contributed by atoms with van der Waals surface area (Å²) < 4.78 is 11.0.